The number of methoxy groups -OCH3 is 1. The van der Waals surface area contributed by atoms with Gasteiger partial charge in [0, 0.05) is 31.5 Å². The second-order valence-corrected chi connectivity index (χ2v) is 9.60. The minimum Gasteiger partial charge on any atom is -0.491 e. The van der Waals surface area contributed by atoms with Crippen LogP contribution in [-0.4, -0.2) is 46.4 Å². The number of halogens is 4. The fourth-order valence-corrected chi connectivity index (χ4v) is 3.72. The largest absolute Gasteiger partial charge is 0.491 e. The Hall–Kier alpha value is -2.81. The van der Waals surface area contributed by atoms with Crippen LogP contribution in [0.5, 0.6) is 17.4 Å². The first-order valence-corrected chi connectivity index (χ1v) is 12.4. The van der Waals surface area contributed by atoms with E-state index in [1.807, 2.05) is 0 Å². The Morgan fingerprint density at radius 2 is 1.97 bits per heavy atom. The van der Waals surface area contributed by atoms with Crippen LogP contribution in [-0.2, 0) is 32.5 Å². The number of aromatic nitrogens is 1. The topological polar surface area (TPSA) is 125 Å². The Kier molecular flexibility index (Phi) is 9.22. The number of hydrogen-bond acceptors (Lipinski definition) is 8. The number of amides is 1. The number of hydrogen-bond donors (Lipinski definition) is 2. The highest BCUT2D eigenvalue weighted by molar-refractivity contribution is 7.88. The van der Waals surface area contributed by atoms with E-state index >= 15 is 0 Å². The fraction of sp³-hybridized carbons (Fsp3) is 0.429. The first-order valence-electron chi connectivity index (χ1n) is 10.6. The summed E-state index contributed by atoms with van der Waals surface area (Å²) in [7, 11) is -2.61. The summed E-state index contributed by atoms with van der Waals surface area (Å²) in [6.45, 7) is 0.248. The number of nitrogens with one attached hydrogen (secondary N) is 2. The summed E-state index contributed by atoms with van der Waals surface area (Å²) < 4.78 is 87.5. The average molecular weight is 554 g/mol. The van der Waals surface area contributed by atoms with E-state index in [4.69, 9.17) is 30.5 Å². The van der Waals surface area contributed by atoms with Gasteiger partial charge in [0.2, 0.25) is 5.88 Å². The monoisotopic (exact) mass is 553 g/mol. The number of nitrogens with zero attached hydrogens (tertiary/aromatic N) is 1. The Balaban J connectivity index is 1.73. The maximum absolute atomic E-state index is 12.9. The van der Waals surface area contributed by atoms with E-state index in [0.29, 0.717) is 18.0 Å². The van der Waals surface area contributed by atoms with E-state index in [1.54, 1.807) is 4.72 Å². The van der Waals surface area contributed by atoms with Crippen molar-refractivity contribution in [1.82, 2.24) is 14.4 Å². The number of rotatable bonds is 12. The first kappa shape index (κ1) is 27.8. The zero-order valence-electron chi connectivity index (χ0n) is 18.9. The van der Waals surface area contributed by atoms with Gasteiger partial charge in [-0.1, -0.05) is 11.6 Å². The predicted octanol–water partition coefficient (Wildman–Crippen LogP) is 4.04. The van der Waals surface area contributed by atoms with Crippen LogP contribution < -0.4 is 18.9 Å². The van der Waals surface area contributed by atoms with Gasteiger partial charge in [-0.05, 0) is 37.0 Å². The van der Waals surface area contributed by atoms with Crippen molar-refractivity contribution in [1.29, 1.82) is 0 Å². The van der Waals surface area contributed by atoms with Crippen molar-refractivity contribution in [2.75, 3.05) is 26.9 Å². The van der Waals surface area contributed by atoms with E-state index in [0.717, 1.165) is 12.8 Å². The second kappa shape index (κ2) is 12.0. The minimum absolute atomic E-state index is 0.00147. The molecule has 10 nitrogen and oxygen atoms in total. The van der Waals surface area contributed by atoms with Crippen molar-refractivity contribution >= 4 is 27.9 Å². The van der Waals surface area contributed by atoms with Gasteiger partial charge in [0.05, 0.1) is 12.2 Å². The molecule has 3 rings (SSSR count). The zero-order valence-corrected chi connectivity index (χ0v) is 20.5. The molecule has 198 valence electrons. The molecule has 0 spiro atoms. The number of alkyl halides is 3. The average Bonchev–Trinajstić information content (AvgIpc) is 3.62. The molecule has 1 saturated carbocycles. The van der Waals surface area contributed by atoms with Gasteiger partial charge in [-0.25, -0.2) is 14.5 Å². The normalized spacial score (nSPS) is 13.8. The summed E-state index contributed by atoms with van der Waals surface area (Å²) in [5, 5.41) is -0.409. The number of benzene rings is 1. The summed E-state index contributed by atoms with van der Waals surface area (Å²) in [4.78, 5) is 15.6. The maximum atomic E-state index is 12.9. The smallest absolute Gasteiger partial charge is 0.422 e. The number of ether oxygens (including phenoxy) is 4. The molecule has 0 unspecified atom stereocenters. The lowest BCUT2D eigenvalue weighted by Crippen LogP contribution is -2.41. The van der Waals surface area contributed by atoms with Crippen LogP contribution in [0.1, 0.15) is 24.0 Å². The molecule has 0 atom stereocenters. The van der Waals surface area contributed by atoms with Crippen molar-refractivity contribution < 1.29 is 45.3 Å². The van der Waals surface area contributed by atoms with Crippen molar-refractivity contribution in [3.05, 3.63) is 46.6 Å². The predicted molar refractivity (Wildman–Crippen MR) is 121 cm³/mol. The van der Waals surface area contributed by atoms with Crippen molar-refractivity contribution in [3.63, 3.8) is 0 Å². The Labute approximate surface area is 210 Å². The lowest BCUT2D eigenvalue weighted by molar-refractivity contribution is -0.137. The highest BCUT2D eigenvalue weighted by atomic mass is 35.5. The van der Waals surface area contributed by atoms with Gasteiger partial charge in [-0.2, -0.15) is 26.3 Å². The standard InChI is InChI=1S/C21H23ClF3N3O7S/c1-32-6-7-33-16-5-4-14(12-34-20(29)28-36(30,31)27-10-13-2-3-13)18(9-16)35-19-17(22)8-15(11-26-19)21(23,24)25/h4-5,8-9,11,13,27H,2-3,6-7,10,12H2,1H3,(H,28,29). The highest BCUT2D eigenvalue weighted by Crippen LogP contribution is 2.36. The third kappa shape index (κ3) is 8.69. The highest BCUT2D eigenvalue weighted by Gasteiger charge is 2.32. The van der Waals surface area contributed by atoms with Crippen LogP contribution in [0.2, 0.25) is 5.02 Å². The molecule has 0 bridgehead atoms. The van der Waals surface area contributed by atoms with Gasteiger partial charge in [-0.15, -0.1) is 0 Å². The molecule has 36 heavy (non-hydrogen) atoms. The van der Waals surface area contributed by atoms with Crippen LogP contribution in [0.15, 0.2) is 30.5 Å². The maximum Gasteiger partial charge on any atom is 0.422 e. The molecule has 1 aromatic carbocycles. The van der Waals surface area contributed by atoms with Gasteiger partial charge >= 0.3 is 22.5 Å². The lowest BCUT2D eigenvalue weighted by atomic mass is 10.2. The molecule has 2 aromatic rings. The number of carbonyl (C=O) groups excluding carboxylic acids is 1. The molecule has 1 fully saturated rings. The van der Waals surface area contributed by atoms with E-state index in [1.165, 1.54) is 25.3 Å². The molecule has 1 aromatic heterocycles. The first-order chi connectivity index (χ1) is 17.0. The minimum atomic E-state index is -4.65. The van der Waals surface area contributed by atoms with E-state index in [-0.39, 0.29) is 42.9 Å². The van der Waals surface area contributed by atoms with E-state index in [2.05, 4.69) is 9.71 Å². The molecule has 1 amide bonds. The third-order valence-corrected chi connectivity index (χ3v) is 6.02. The van der Waals surface area contributed by atoms with Crippen molar-refractivity contribution in [3.8, 4) is 17.4 Å². The third-order valence-electron chi connectivity index (χ3n) is 4.77. The van der Waals surface area contributed by atoms with Crippen LogP contribution in [0.3, 0.4) is 0 Å². The van der Waals surface area contributed by atoms with Gasteiger partial charge in [0.15, 0.2) is 0 Å². The molecule has 0 aliphatic heterocycles. The van der Waals surface area contributed by atoms with E-state index in [9.17, 15) is 26.4 Å². The summed E-state index contributed by atoms with van der Waals surface area (Å²) in [6, 6.07) is 5.03. The second-order valence-electron chi connectivity index (χ2n) is 7.70. The molecule has 15 heteroatoms. The Morgan fingerprint density at radius 1 is 1.22 bits per heavy atom. The molecule has 1 aliphatic carbocycles. The quantitative estimate of drug-likeness (QED) is 0.377. The van der Waals surface area contributed by atoms with Crippen molar-refractivity contribution in [2.24, 2.45) is 5.92 Å². The van der Waals surface area contributed by atoms with Crippen LogP contribution in [0.25, 0.3) is 0 Å². The van der Waals surface area contributed by atoms with Crippen molar-refractivity contribution in [2.45, 2.75) is 25.6 Å². The molecule has 0 radical (unpaired) electrons. The van der Waals surface area contributed by atoms with Crippen LogP contribution in [0.4, 0.5) is 18.0 Å². The van der Waals surface area contributed by atoms with E-state index < -0.39 is 39.7 Å². The molecule has 2 N–H and O–H groups in total. The molecule has 0 saturated heterocycles. The molecule has 1 heterocycles. The SMILES string of the molecule is COCCOc1ccc(COC(=O)NS(=O)(=O)NCC2CC2)c(Oc2ncc(C(F)(F)F)cc2Cl)c1. The molecular formula is C21H23ClF3N3O7S. The van der Waals surface area contributed by atoms with Gasteiger partial charge < -0.3 is 18.9 Å². The van der Waals surface area contributed by atoms with Crippen LogP contribution >= 0.6 is 11.6 Å². The summed E-state index contributed by atoms with van der Waals surface area (Å²) in [6.07, 6.45) is -3.50. The fourth-order valence-electron chi connectivity index (χ4n) is 2.71. The van der Waals surface area contributed by atoms with Gasteiger partial charge in [-0.3, -0.25) is 0 Å². The Morgan fingerprint density at radius 3 is 2.61 bits per heavy atom. The molecular weight excluding hydrogens is 531 g/mol. The van der Waals surface area contributed by atoms with Crippen LogP contribution in [0, 0.1) is 5.92 Å². The summed E-state index contributed by atoms with van der Waals surface area (Å²) in [5.41, 5.74) is -0.835. The summed E-state index contributed by atoms with van der Waals surface area (Å²) >= 11 is 5.93. The lowest BCUT2D eigenvalue weighted by Gasteiger charge is -2.15. The molecule has 1 aliphatic rings. The number of carbonyl (C=O) groups is 1. The van der Waals surface area contributed by atoms with Gasteiger partial charge in [0.25, 0.3) is 0 Å². The Bertz CT molecular complexity index is 1180. The summed E-state index contributed by atoms with van der Waals surface area (Å²) in [5.74, 6) is 0.232. The van der Waals surface area contributed by atoms with Gasteiger partial charge in [0.1, 0.15) is 29.7 Å². The zero-order chi connectivity index (χ0) is 26.3. The number of pyridine rings is 1.